The Bertz CT molecular complexity index is 179. The number of aliphatic imine (C=N–C) groups is 1. The molecule has 0 aromatic rings. The standard InChI is InChI=1S/C5H5NOS/c1-4-6-5(2-7)3-8-4/h3H2,1H3. The maximum absolute atomic E-state index is 9.87. The van der Waals surface area contributed by atoms with Crippen molar-refractivity contribution in [1.29, 1.82) is 0 Å². The van der Waals surface area contributed by atoms with Crippen LogP contribution < -0.4 is 0 Å². The molecular weight excluding hydrogens is 122 g/mol. The molecule has 0 saturated carbocycles. The topological polar surface area (TPSA) is 29.4 Å². The van der Waals surface area contributed by atoms with Crippen LogP contribution in [-0.2, 0) is 4.79 Å². The van der Waals surface area contributed by atoms with Gasteiger partial charge < -0.3 is 0 Å². The Labute approximate surface area is 51.7 Å². The molecule has 8 heavy (non-hydrogen) atoms. The van der Waals surface area contributed by atoms with E-state index in [9.17, 15) is 4.79 Å². The third kappa shape index (κ3) is 0.997. The van der Waals surface area contributed by atoms with Crippen LogP contribution in [0, 0.1) is 0 Å². The highest BCUT2D eigenvalue weighted by molar-refractivity contribution is 8.14. The summed E-state index contributed by atoms with van der Waals surface area (Å²) in [5.41, 5.74) is 0.535. The molecule has 0 N–H and O–H groups in total. The van der Waals surface area contributed by atoms with Gasteiger partial charge in [0.1, 0.15) is 11.6 Å². The molecule has 0 aromatic carbocycles. The SMILES string of the molecule is CC1=NC(=C=O)CS1. The first-order valence-corrected chi connectivity index (χ1v) is 3.23. The van der Waals surface area contributed by atoms with Crippen molar-refractivity contribution in [1.82, 2.24) is 0 Å². The van der Waals surface area contributed by atoms with E-state index in [1.807, 2.05) is 6.92 Å². The maximum Gasteiger partial charge on any atom is 0.149 e. The zero-order valence-electron chi connectivity index (χ0n) is 4.47. The highest BCUT2D eigenvalue weighted by Crippen LogP contribution is 2.17. The summed E-state index contributed by atoms with van der Waals surface area (Å²) in [6, 6.07) is 0. The molecule has 2 nitrogen and oxygen atoms in total. The number of thioether (sulfide) groups is 1. The van der Waals surface area contributed by atoms with E-state index in [0.717, 1.165) is 5.04 Å². The lowest BCUT2D eigenvalue weighted by molar-refractivity contribution is 0.567. The zero-order valence-corrected chi connectivity index (χ0v) is 5.29. The molecule has 1 heterocycles. The summed E-state index contributed by atoms with van der Waals surface area (Å²) in [6.07, 6.45) is 0. The molecule has 0 aromatic heterocycles. The van der Waals surface area contributed by atoms with Gasteiger partial charge in [0.2, 0.25) is 0 Å². The summed E-state index contributed by atoms with van der Waals surface area (Å²) in [6.45, 7) is 1.88. The summed E-state index contributed by atoms with van der Waals surface area (Å²) < 4.78 is 0. The molecule has 42 valence electrons. The number of rotatable bonds is 0. The molecule has 0 bridgehead atoms. The van der Waals surface area contributed by atoms with E-state index in [1.165, 1.54) is 0 Å². The monoisotopic (exact) mass is 127 g/mol. The van der Waals surface area contributed by atoms with Gasteiger partial charge >= 0.3 is 0 Å². The minimum atomic E-state index is 0.535. The molecule has 0 radical (unpaired) electrons. The van der Waals surface area contributed by atoms with E-state index in [1.54, 1.807) is 17.7 Å². The number of nitrogens with zero attached hydrogens (tertiary/aromatic N) is 1. The van der Waals surface area contributed by atoms with E-state index >= 15 is 0 Å². The van der Waals surface area contributed by atoms with Crippen LogP contribution in [0.2, 0.25) is 0 Å². The van der Waals surface area contributed by atoms with Gasteiger partial charge in [0.05, 0.1) is 10.8 Å². The van der Waals surface area contributed by atoms with Crippen LogP contribution >= 0.6 is 11.8 Å². The summed E-state index contributed by atoms with van der Waals surface area (Å²) in [7, 11) is 0. The molecule has 1 aliphatic heterocycles. The number of hydrogen-bond acceptors (Lipinski definition) is 3. The van der Waals surface area contributed by atoms with Crippen molar-refractivity contribution in [3.8, 4) is 0 Å². The lowest BCUT2D eigenvalue weighted by Gasteiger charge is -1.76. The molecule has 0 saturated heterocycles. The molecule has 0 fully saturated rings. The van der Waals surface area contributed by atoms with Crippen molar-refractivity contribution in [3.63, 3.8) is 0 Å². The van der Waals surface area contributed by atoms with Gasteiger partial charge in [0.25, 0.3) is 0 Å². The van der Waals surface area contributed by atoms with Crippen molar-refractivity contribution in [2.45, 2.75) is 6.92 Å². The van der Waals surface area contributed by atoms with Crippen LogP contribution in [0.1, 0.15) is 6.92 Å². The second kappa shape index (κ2) is 2.16. The van der Waals surface area contributed by atoms with Gasteiger partial charge in [-0.2, -0.15) is 0 Å². The van der Waals surface area contributed by atoms with Crippen molar-refractivity contribution >= 4 is 22.7 Å². The Kier molecular flexibility index (Phi) is 1.51. The first kappa shape index (κ1) is 5.60. The number of carbonyl (C=O) groups excluding carboxylic acids is 1. The largest absolute Gasteiger partial charge is 0.239 e. The molecule has 0 aliphatic carbocycles. The van der Waals surface area contributed by atoms with Crippen LogP contribution in [0.5, 0.6) is 0 Å². The fraction of sp³-hybridized carbons (Fsp3) is 0.400. The van der Waals surface area contributed by atoms with E-state index in [4.69, 9.17) is 0 Å². The smallest absolute Gasteiger partial charge is 0.149 e. The van der Waals surface area contributed by atoms with Gasteiger partial charge in [-0.15, -0.1) is 11.8 Å². The average Bonchev–Trinajstić information content (AvgIpc) is 2.14. The molecule has 1 rings (SSSR count). The lowest BCUT2D eigenvalue weighted by Crippen LogP contribution is -1.72. The quantitative estimate of drug-likeness (QED) is 0.452. The highest BCUT2D eigenvalue weighted by Gasteiger charge is 2.06. The van der Waals surface area contributed by atoms with E-state index in [0.29, 0.717) is 11.4 Å². The van der Waals surface area contributed by atoms with Crippen LogP contribution in [0.15, 0.2) is 10.7 Å². The second-order valence-electron chi connectivity index (χ2n) is 1.47. The Morgan fingerprint density at radius 2 is 2.62 bits per heavy atom. The fourth-order valence-electron chi connectivity index (χ4n) is 0.480. The zero-order chi connectivity index (χ0) is 5.98. The van der Waals surface area contributed by atoms with Gasteiger partial charge in [-0.1, -0.05) is 0 Å². The predicted molar refractivity (Wildman–Crippen MR) is 34.8 cm³/mol. The lowest BCUT2D eigenvalue weighted by atomic mass is 10.6. The Morgan fingerprint density at radius 1 is 1.88 bits per heavy atom. The highest BCUT2D eigenvalue weighted by atomic mass is 32.2. The van der Waals surface area contributed by atoms with E-state index in [2.05, 4.69) is 4.99 Å². The molecule has 3 heteroatoms. The third-order valence-electron chi connectivity index (χ3n) is 0.828. The van der Waals surface area contributed by atoms with Crippen molar-refractivity contribution in [2.24, 2.45) is 4.99 Å². The van der Waals surface area contributed by atoms with Crippen LogP contribution in [0.4, 0.5) is 0 Å². The van der Waals surface area contributed by atoms with Crippen molar-refractivity contribution < 1.29 is 4.79 Å². The molecule has 0 spiro atoms. The van der Waals surface area contributed by atoms with Gasteiger partial charge in [-0.05, 0) is 6.92 Å². The van der Waals surface area contributed by atoms with Crippen molar-refractivity contribution in [2.75, 3.05) is 5.75 Å². The molecule has 1 aliphatic rings. The van der Waals surface area contributed by atoms with Gasteiger partial charge in [0.15, 0.2) is 0 Å². The average molecular weight is 127 g/mol. The second-order valence-corrected chi connectivity index (χ2v) is 2.64. The summed E-state index contributed by atoms with van der Waals surface area (Å²) in [5, 5.41) is 0.961. The van der Waals surface area contributed by atoms with Gasteiger partial charge in [0, 0.05) is 0 Å². The predicted octanol–water partition coefficient (Wildman–Crippen LogP) is 0.867. The normalized spacial score (nSPS) is 18.1. The van der Waals surface area contributed by atoms with Crippen LogP contribution in [0.25, 0.3) is 0 Å². The summed E-state index contributed by atoms with van der Waals surface area (Å²) in [5.74, 6) is 2.46. The fourth-order valence-corrected chi connectivity index (χ4v) is 1.12. The van der Waals surface area contributed by atoms with Crippen LogP contribution in [-0.4, -0.2) is 16.7 Å². The molecule has 0 unspecified atom stereocenters. The van der Waals surface area contributed by atoms with Crippen LogP contribution in [0.3, 0.4) is 0 Å². The minimum Gasteiger partial charge on any atom is -0.239 e. The van der Waals surface area contributed by atoms with E-state index in [-0.39, 0.29) is 0 Å². The summed E-state index contributed by atoms with van der Waals surface area (Å²) in [4.78, 5) is 13.7. The van der Waals surface area contributed by atoms with E-state index < -0.39 is 0 Å². The minimum absolute atomic E-state index is 0.535. The van der Waals surface area contributed by atoms with Crippen molar-refractivity contribution in [3.05, 3.63) is 5.70 Å². The maximum atomic E-state index is 9.87. The Balaban J connectivity index is 2.82. The molecular formula is C5H5NOS. The number of hydrogen-bond donors (Lipinski definition) is 0. The Morgan fingerprint density at radius 3 is 2.88 bits per heavy atom. The molecule has 0 atom stereocenters. The summed E-state index contributed by atoms with van der Waals surface area (Å²) >= 11 is 1.58. The van der Waals surface area contributed by atoms with Gasteiger partial charge in [-0.25, -0.2) is 9.79 Å². The van der Waals surface area contributed by atoms with Gasteiger partial charge in [-0.3, -0.25) is 0 Å². The first-order valence-electron chi connectivity index (χ1n) is 2.25. The first-order chi connectivity index (χ1) is 3.83. The third-order valence-corrected chi connectivity index (χ3v) is 1.75. The Hall–Kier alpha value is -0.530. The molecule has 0 amide bonds.